The van der Waals surface area contributed by atoms with Gasteiger partial charge < -0.3 is 14.0 Å². The Kier molecular flexibility index (Phi) is 4.07. The van der Waals surface area contributed by atoms with Crippen LogP contribution >= 0.6 is 0 Å². The van der Waals surface area contributed by atoms with E-state index in [0.29, 0.717) is 12.1 Å². The number of ether oxygens (including phenoxy) is 2. The summed E-state index contributed by atoms with van der Waals surface area (Å²) in [7, 11) is 1.81. The summed E-state index contributed by atoms with van der Waals surface area (Å²) in [5.41, 5.74) is 0.105. The summed E-state index contributed by atoms with van der Waals surface area (Å²) in [5.74, 6) is -1.84. The van der Waals surface area contributed by atoms with Gasteiger partial charge in [0.2, 0.25) is 0 Å². The third-order valence-corrected chi connectivity index (χ3v) is 3.57. The average molecular weight is 294 g/mol. The highest BCUT2D eigenvalue weighted by Gasteiger charge is 2.51. The molecule has 0 aromatic carbocycles. The van der Waals surface area contributed by atoms with Crippen LogP contribution in [-0.2, 0) is 26.1 Å². The van der Waals surface area contributed by atoms with Crippen molar-refractivity contribution in [3.63, 3.8) is 0 Å². The van der Waals surface area contributed by atoms with Crippen LogP contribution in [0.3, 0.4) is 0 Å². The molecule has 6 heteroatoms. The van der Waals surface area contributed by atoms with Gasteiger partial charge in [0.05, 0.1) is 24.1 Å². The van der Waals surface area contributed by atoms with E-state index in [0.717, 1.165) is 0 Å². The van der Waals surface area contributed by atoms with Crippen molar-refractivity contribution in [2.45, 2.75) is 45.8 Å². The molecule has 0 aliphatic carbocycles. The number of hydrogen-bond acceptors (Lipinski definition) is 5. The molecule has 21 heavy (non-hydrogen) atoms. The number of hydrogen-bond donors (Lipinski definition) is 0. The number of carbonyl (C=O) groups excluding carboxylic acids is 2. The Morgan fingerprint density at radius 3 is 2.62 bits per heavy atom. The van der Waals surface area contributed by atoms with Gasteiger partial charge in [0.25, 0.3) is 0 Å². The molecule has 0 radical (unpaired) electrons. The summed E-state index contributed by atoms with van der Waals surface area (Å²) in [5, 5.41) is 0. The first-order chi connectivity index (χ1) is 9.74. The van der Waals surface area contributed by atoms with E-state index < -0.39 is 29.5 Å². The van der Waals surface area contributed by atoms with Crippen LogP contribution in [0.15, 0.2) is 12.5 Å². The van der Waals surface area contributed by atoms with Crippen molar-refractivity contribution in [1.29, 1.82) is 0 Å². The van der Waals surface area contributed by atoms with Gasteiger partial charge in [0, 0.05) is 7.05 Å². The van der Waals surface area contributed by atoms with Crippen molar-refractivity contribution in [2.24, 2.45) is 18.9 Å². The van der Waals surface area contributed by atoms with E-state index in [1.54, 1.807) is 17.1 Å². The lowest BCUT2D eigenvalue weighted by Gasteiger charge is -2.25. The zero-order valence-corrected chi connectivity index (χ0v) is 13.1. The maximum atomic E-state index is 12.5. The molecule has 116 valence electrons. The van der Waals surface area contributed by atoms with Crippen molar-refractivity contribution in [3.8, 4) is 0 Å². The maximum Gasteiger partial charge on any atom is 0.314 e. The van der Waals surface area contributed by atoms with Crippen LogP contribution in [0.1, 0.15) is 45.9 Å². The number of carbonyl (C=O) groups is 2. The highest BCUT2D eigenvalue weighted by Crippen LogP contribution is 2.41. The van der Waals surface area contributed by atoms with Gasteiger partial charge in [-0.05, 0) is 27.2 Å². The van der Waals surface area contributed by atoms with Gasteiger partial charge in [0.1, 0.15) is 11.5 Å². The van der Waals surface area contributed by atoms with Gasteiger partial charge in [-0.2, -0.15) is 0 Å². The van der Waals surface area contributed by atoms with E-state index in [1.807, 2.05) is 34.7 Å². The van der Waals surface area contributed by atoms with Gasteiger partial charge in [0.15, 0.2) is 6.10 Å². The van der Waals surface area contributed by atoms with Gasteiger partial charge in [-0.3, -0.25) is 9.59 Å². The van der Waals surface area contributed by atoms with Gasteiger partial charge in [-0.1, -0.05) is 6.92 Å². The number of esters is 2. The molecule has 3 unspecified atom stereocenters. The number of imidazole rings is 1. The van der Waals surface area contributed by atoms with Gasteiger partial charge in [-0.15, -0.1) is 0 Å². The molecule has 1 aromatic heterocycles. The molecule has 0 spiro atoms. The van der Waals surface area contributed by atoms with Gasteiger partial charge in [-0.25, -0.2) is 4.98 Å². The van der Waals surface area contributed by atoms with E-state index in [1.165, 1.54) is 0 Å². The second-order valence-corrected chi connectivity index (χ2v) is 6.36. The molecule has 2 rings (SSSR count). The summed E-state index contributed by atoms with van der Waals surface area (Å²) >= 11 is 0. The van der Waals surface area contributed by atoms with Crippen LogP contribution in [-0.4, -0.2) is 27.1 Å². The molecule has 1 aliphatic heterocycles. The molecule has 1 saturated heterocycles. The van der Waals surface area contributed by atoms with Crippen LogP contribution in [0.4, 0.5) is 0 Å². The van der Waals surface area contributed by atoms with Crippen molar-refractivity contribution >= 4 is 11.9 Å². The third kappa shape index (κ3) is 3.09. The number of rotatable bonds is 3. The topological polar surface area (TPSA) is 70.4 Å². The van der Waals surface area contributed by atoms with E-state index in [2.05, 4.69) is 4.98 Å². The molecule has 3 atom stereocenters. The average Bonchev–Trinajstić information content (AvgIpc) is 2.89. The largest absolute Gasteiger partial charge is 0.460 e. The normalized spacial score (nSPS) is 25.8. The number of aryl methyl sites for hydroxylation is 1. The third-order valence-electron chi connectivity index (χ3n) is 3.57. The highest BCUT2D eigenvalue weighted by atomic mass is 16.6. The maximum absolute atomic E-state index is 12.5. The Hall–Kier alpha value is -1.85. The fraction of sp³-hybridized carbons (Fsp3) is 0.667. The first kappa shape index (κ1) is 15.5. The van der Waals surface area contributed by atoms with Crippen molar-refractivity contribution < 1.29 is 19.1 Å². The molecular weight excluding hydrogens is 272 g/mol. The minimum Gasteiger partial charge on any atom is -0.460 e. The Morgan fingerprint density at radius 1 is 1.48 bits per heavy atom. The van der Waals surface area contributed by atoms with Crippen LogP contribution in [0.2, 0.25) is 0 Å². The summed E-state index contributed by atoms with van der Waals surface area (Å²) < 4.78 is 12.7. The molecule has 1 fully saturated rings. The molecule has 0 N–H and O–H groups in total. The van der Waals surface area contributed by atoms with E-state index in [-0.39, 0.29) is 5.97 Å². The van der Waals surface area contributed by atoms with Gasteiger partial charge >= 0.3 is 11.9 Å². The first-order valence-electron chi connectivity index (χ1n) is 7.14. The monoisotopic (exact) mass is 294 g/mol. The lowest BCUT2D eigenvalue weighted by molar-refractivity contribution is -0.163. The highest BCUT2D eigenvalue weighted by molar-refractivity contribution is 5.86. The Labute approximate surface area is 124 Å². The zero-order valence-electron chi connectivity index (χ0n) is 13.1. The fourth-order valence-corrected chi connectivity index (χ4v) is 2.61. The smallest absolute Gasteiger partial charge is 0.314 e. The molecule has 1 aromatic rings. The predicted molar refractivity (Wildman–Crippen MR) is 75.2 cm³/mol. The zero-order chi connectivity index (χ0) is 15.8. The van der Waals surface area contributed by atoms with Crippen molar-refractivity contribution in [1.82, 2.24) is 9.55 Å². The number of cyclic esters (lactones) is 1. The molecule has 0 saturated carbocycles. The molecule has 0 amide bonds. The summed E-state index contributed by atoms with van der Waals surface area (Å²) in [6, 6.07) is 0. The SMILES string of the molecule is CCC1C(=O)OC(c2cncn2C)C1C(=O)OC(C)(C)C. The molecule has 1 aliphatic rings. The van der Waals surface area contributed by atoms with Crippen LogP contribution in [0.5, 0.6) is 0 Å². The predicted octanol–water partition coefficient (Wildman–Crippen LogP) is 2.00. The molecule has 0 bridgehead atoms. The second kappa shape index (κ2) is 5.50. The molecule has 6 nitrogen and oxygen atoms in total. The van der Waals surface area contributed by atoms with E-state index in [9.17, 15) is 9.59 Å². The standard InChI is InChI=1S/C15H22N2O4/c1-6-9-11(14(19)21-15(2,3)4)12(20-13(9)18)10-7-16-8-17(10)5/h7-9,11-12H,6H2,1-5H3. The van der Waals surface area contributed by atoms with Crippen LogP contribution in [0.25, 0.3) is 0 Å². The summed E-state index contributed by atoms with van der Waals surface area (Å²) in [6.07, 6.45) is 3.14. The fourth-order valence-electron chi connectivity index (χ4n) is 2.61. The first-order valence-corrected chi connectivity index (χ1v) is 7.14. The Morgan fingerprint density at radius 2 is 2.14 bits per heavy atom. The minimum absolute atomic E-state index is 0.348. The Bertz CT molecular complexity index is 544. The molecular formula is C15H22N2O4. The number of aromatic nitrogens is 2. The van der Waals surface area contributed by atoms with Crippen molar-refractivity contribution in [3.05, 3.63) is 18.2 Å². The van der Waals surface area contributed by atoms with Crippen molar-refractivity contribution in [2.75, 3.05) is 0 Å². The van der Waals surface area contributed by atoms with Crippen LogP contribution in [0, 0.1) is 11.8 Å². The minimum atomic E-state index is -0.634. The Balaban J connectivity index is 2.33. The van der Waals surface area contributed by atoms with Crippen LogP contribution < -0.4 is 0 Å². The van der Waals surface area contributed by atoms with E-state index in [4.69, 9.17) is 9.47 Å². The lowest BCUT2D eigenvalue weighted by Crippen LogP contribution is -2.33. The quantitative estimate of drug-likeness (QED) is 0.797. The van der Waals surface area contributed by atoms with E-state index >= 15 is 0 Å². The second-order valence-electron chi connectivity index (χ2n) is 6.36. The molecule has 2 heterocycles. The summed E-state index contributed by atoms with van der Waals surface area (Å²) in [4.78, 5) is 28.6. The number of nitrogens with zero attached hydrogens (tertiary/aromatic N) is 2. The lowest BCUT2D eigenvalue weighted by atomic mass is 9.87. The summed E-state index contributed by atoms with van der Waals surface area (Å²) in [6.45, 7) is 7.29.